The standard InChI is InChI=1S/C12H8BrN3O2/c13-8-4-3-7-16-10(8)14-9(12(17)18)11(16)15-5-1-2-6-15/h1-7H,(H,17,18). The zero-order valence-electron chi connectivity index (χ0n) is 9.12. The summed E-state index contributed by atoms with van der Waals surface area (Å²) in [6.45, 7) is 0. The molecule has 5 nitrogen and oxygen atoms in total. The van der Waals surface area contributed by atoms with Crippen molar-refractivity contribution < 1.29 is 9.90 Å². The summed E-state index contributed by atoms with van der Waals surface area (Å²) in [5, 5.41) is 9.25. The molecule has 0 spiro atoms. The lowest BCUT2D eigenvalue weighted by atomic mass is 10.4. The van der Waals surface area contributed by atoms with Crippen LogP contribution >= 0.6 is 15.9 Å². The number of pyridine rings is 1. The van der Waals surface area contributed by atoms with E-state index < -0.39 is 5.97 Å². The lowest BCUT2D eigenvalue weighted by Crippen LogP contribution is -2.05. The lowest BCUT2D eigenvalue weighted by Gasteiger charge is -2.04. The molecule has 3 rings (SSSR count). The van der Waals surface area contributed by atoms with Crippen LogP contribution in [0.2, 0.25) is 0 Å². The first-order valence-electron chi connectivity index (χ1n) is 5.21. The summed E-state index contributed by atoms with van der Waals surface area (Å²) < 4.78 is 4.23. The van der Waals surface area contributed by atoms with Crippen LogP contribution in [0.4, 0.5) is 0 Å². The minimum absolute atomic E-state index is 0.0260. The smallest absolute Gasteiger partial charge is 0.358 e. The van der Waals surface area contributed by atoms with Crippen molar-refractivity contribution in [2.24, 2.45) is 0 Å². The predicted octanol–water partition coefficient (Wildman–Crippen LogP) is 2.59. The lowest BCUT2D eigenvalue weighted by molar-refractivity contribution is 0.0691. The second-order valence-electron chi connectivity index (χ2n) is 3.73. The maximum absolute atomic E-state index is 11.3. The van der Waals surface area contributed by atoms with Crippen molar-refractivity contribution in [1.29, 1.82) is 0 Å². The minimum Gasteiger partial charge on any atom is -0.476 e. The summed E-state index contributed by atoms with van der Waals surface area (Å²) in [6, 6.07) is 7.33. The van der Waals surface area contributed by atoms with E-state index >= 15 is 0 Å². The average Bonchev–Trinajstić information content (AvgIpc) is 2.94. The summed E-state index contributed by atoms with van der Waals surface area (Å²) in [7, 11) is 0. The highest BCUT2D eigenvalue weighted by Crippen LogP contribution is 2.23. The molecule has 0 radical (unpaired) electrons. The van der Waals surface area contributed by atoms with E-state index in [1.54, 1.807) is 27.6 Å². The van der Waals surface area contributed by atoms with Crippen molar-refractivity contribution in [2.45, 2.75) is 0 Å². The second-order valence-corrected chi connectivity index (χ2v) is 4.58. The highest BCUT2D eigenvalue weighted by molar-refractivity contribution is 9.10. The van der Waals surface area contributed by atoms with Gasteiger partial charge in [0.05, 0.1) is 4.47 Å². The van der Waals surface area contributed by atoms with E-state index in [1.807, 2.05) is 24.3 Å². The molecule has 90 valence electrons. The van der Waals surface area contributed by atoms with Crippen molar-refractivity contribution in [3.63, 3.8) is 0 Å². The number of hydrogen-bond donors (Lipinski definition) is 1. The maximum Gasteiger partial charge on any atom is 0.358 e. The van der Waals surface area contributed by atoms with E-state index in [9.17, 15) is 9.90 Å². The van der Waals surface area contributed by atoms with Gasteiger partial charge in [0.2, 0.25) is 0 Å². The molecule has 1 N–H and O–H groups in total. The highest BCUT2D eigenvalue weighted by atomic mass is 79.9. The summed E-state index contributed by atoms with van der Waals surface area (Å²) in [6.07, 6.45) is 5.36. The van der Waals surface area contributed by atoms with Gasteiger partial charge in [-0.25, -0.2) is 9.78 Å². The molecule has 0 atom stereocenters. The molecule has 0 aliphatic carbocycles. The Morgan fingerprint density at radius 2 is 1.94 bits per heavy atom. The Morgan fingerprint density at radius 3 is 2.61 bits per heavy atom. The van der Waals surface area contributed by atoms with E-state index in [0.29, 0.717) is 11.5 Å². The molecule has 3 aromatic rings. The Balaban J connectivity index is 2.44. The molecule has 0 saturated carbocycles. The molecule has 3 aromatic heterocycles. The van der Waals surface area contributed by atoms with Crippen molar-refractivity contribution >= 4 is 27.5 Å². The first kappa shape index (κ1) is 11.0. The third kappa shape index (κ3) is 1.53. The molecule has 18 heavy (non-hydrogen) atoms. The SMILES string of the molecule is O=C(O)c1nc2c(Br)cccn2c1-n1cccc1. The fourth-order valence-electron chi connectivity index (χ4n) is 1.89. The minimum atomic E-state index is -1.05. The van der Waals surface area contributed by atoms with Crippen LogP contribution in [-0.2, 0) is 0 Å². The molecule has 0 aromatic carbocycles. The Morgan fingerprint density at radius 1 is 1.22 bits per heavy atom. The number of aromatic nitrogens is 3. The topological polar surface area (TPSA) is 59.5 Å². The highest BCUT2D eigenvalue weighted by Gasteiger charge is 2.20. The predicted molar refractivity (Wildman–Crippen MR) is 69.2 cm³/mol. The van der Waals surface area contributed by atoms with E-state index in [-0.39, 0.29) is 5.69 Å². The van der Waals surface area contributed by atoms with Crippen LogP contribution < -0.4 is 0 Å². The first-order valence-corrected chi connectivity index (χ1v) is 6.01. The number of rotatable bonds is 2. The van der Waals surface area contributed by atoms with Gasteiger partial charge < -0.3 is 9.67 Å². The number of halogens is 1. The second kappa shape index (κ2) is 3.99. The summed E-state index contributed by atoms with van der Waals surface area (Å²) in [5.74, 6) is -0.530. The normalized spacial score (nSPS) is 10.9. The van der Waals surface area contributed by atoms with Crippen molar-refractivity contribution in [3.05, 3.63) is 53.0 Å². The first-order chi connectivity index (χ1) is 8.68. The van der Waals surface area contributed by atoms with Crippen LogP contribution in [0.3, 0.4) is 0 Å². The van der Waals surface area contributed by atoms with E-state index in [1.165, 1.54) is 0 Å². The molecular weight excluding hydrogens is 298 g/mol. The van der Waals surface area contributed by atoms with Crippen molar-refractivity contribution in [2.75, 3.05) is 0 Å². The largest absolute Gasteiger partial charge is 0.476 e. The molecule has 0 fully saturated rings. The average molecular weight is 306 g/mol. The number of imidazole rings is 1. The Labute approximate surface area is 110 Å². The van der Waals surface area contributed by atoms with Gasteiger partial charge in [-0.2, -0.15) is 0 Å². The van der Waals surface area contributed by atoms with Gasteiger partial charge in [0.1, 0.15) is 0 Å². The van der Waals surface area contributed by atoms with Gasteiger partial charge in [-0.1, -0.05) is 0 Å². The van der Waals surface area contributed by atoms with Gasteiger partial charge in [-0.3, -0.25) is 4.40 Å². The van der Waals surface area contributed by atoms with Crippen LogP contribution in [-0.4, -0.2) is 25.0 Å². The van der Waals surface area contributed by atoms with Crippen molar-refractivity contribution in [3.8, 4) is 5.82 Å². The third-order valence-corrected chi connectivity index (χ3v) is 3.25. The quantitative estimate of drug-likeness (QED) is 0.791. The van der Waals surface area contributed by atoms with Gasteiger partial charge in [0, 0.05) is 18.6 Å². The molecule has 0 aliphatic rings. The number of nitrogens with zero attached hydrogens (tertiary/aromatic N) is 3. The van der Waals surface area contributed by atoms with Gasteiger partial charge in [-0.15, -0.1) is 0 Å². The number of carboxylic acids is 1. The van der Waals surface area contributed by atoms with Crippen LogP contribution in [0.15, 0.2) is 47.3 Å². The van der Waals surface area contributed by atoms with E-state index in [0.717, 1.165) is 4.47 Å². The zero-order valence-corrected chi connectivity index (χ0v) is 10.7. The van der Waals surface area contributed by atoms with Crippen LogP contribution in [0.1, 0.15) is 10.5 Å². The molecular formula is C12H8BrN3O2. The summed E-state index contributed by atoms with van der Waals surface area (Å²) >= 11 is 3.37. The van der Waals surface area contributed by atoms with Crippen LogP contribution in [0, 0.1) is 0 Å². The fraction of sp³-hybridized carbons (Fsp3) is 0. The van der Waals surface area contributed by atoms with Gasteiger partial charge >= 0.3 is 5.97 Å². The molecule has 0 amide bonds. The van der Waals surface area contributed by atoms with Crippen LogP contribution in [0.5, 0.6) is 0 Å². The summed E-state index contributed by atoms with van der Waals surface area (Å²) in [4.78, 5) is 15.5. The molecule has 0 saturated heterocycles. The van der Waals surface area contributed by atoms with Gasteiger partial charge in [-0.05, 0) is 40.2 Å². The summed E-state index contributed by atoms with van der Waals surface area (Å²) in [5.41, 5.74) is 0.608. The van der Waals surface area contributed by atoms with Crippen molar-refractivity contribution in [1.82, 2.24) is 14.0 Å². The maximum atomic E-state index is 11.3. The molecule has 0 unspecified atom stereocenters. The van der Waals surface area contributed by atoms with E-state index in [4.69, 9.17) is 0 Å². The number of carbonyl (C=O) groups is 1. The number of aromatic carboxylic acids is 1. The van der Waals surface area contributed by atoms with Crippen LogP contribution in [0.25, 0.3) is 11.5 Å². The molecule has 6 heteroatoms. The molecule has 3 heterocycles. The third-order valence-electron chi connectivity index (χ3n) is 2.63. The zero-order chi connectivity index (χ0) is 12.7. The molecule has 0 aliphatic heterocycles. The Bertz CT molecular complexity index is 731. The fourth-order valence-corrected chi connectivity index (χ4v) is 2.32. The number of hydrogen-bond acceptors (Lipinski definition) is 2. The Hall–Kier alpha value is -2.08. The number of carboxylic acid groups (broad SMARTS) is 1. The number of fused-ring (bicyclic) bond motifs is 1. The monoisotopic (exact) mass is 305 g/mol. The van der Waals surface area contributed by atoms with E-state index in [2.05, 4.69) is 20.9 Å². The molecule has 0 bridgehead atoms. The van der Waals surface area contributed by atoms with Gasteiger partial charge in [0.25, 0.3) is 0 Å². The Kier molecular flexibility index (Phi) is 2.45. The van der Waals surface area contributed by atoms with Gasteiger partial charge in [0.15, 0.2) is 17.2 Å².